The molecule has 7 heteroatoms. The number of H-pyrrole nitrogens is 1. The molecule has 0 unspecified atom stereocenters. The molecular formula is C18H12Cl2N4O. The predicted octanol–water partition coefficient (Wildman–Crippen LogP) is 4.01. The number of fused-ring (bicyclic) bond motifs is 1. The number of rotatable bonds is 3. The molecule has 0 aliphatic heterocycles. The highest BCUT2D eigenvalue weighted by atomic mass is 35.5. The Balaban J connectivity index is 1.84. The van der Waals surface area contributed by atoms with Crippen LogP contribution in [0.5, 0.6) is 0 Å². The van der Waals surface area contributed by atoms with Crippen molar-refractivity contribution >= 4 is 34.2 Å². The first-order valence-corrected chi connectivity index (χ1v) is 8.34. The molecular weight excluding hydrogens is 359 g/mol. The van der Waals surface area contributed by atoms with Gasteiger partial charge < -0.3 is 4.98 Å². The molecule has 2 aromatic carbocycles. The van der Waals surface area contributed by atoms with Gasteiger partial charge in [0.05, 0.1) is 16.9 Å². The van der Waals surface area contributed by atoms with Gasteiger partial charge in [-0.3, -0.25) is 4.79 Å². The Kier molecular flexibility index (Phi) is 4.03. The summed E-state index contributed by atoms with van der Waals surface area (Å²) in [4.78, 5) is 19.8. The first-order valence-electron chi connectivity index (χ1n) is 7.58. The predicted molar refractivity (Wildman–Crippen MR) is 98.8 cm³/mol. The Labute approximate surface area is 152 Å². The van der Waals surface area contributed by atoms with Gasteiger partial charge in [-0.25, -0.2) is 9.67 Å². The van der Waals surface area contributed by atoms with Crippen molar-refractivity contribution in [3.63, 3.8) is 0 Å². The topological polar surface area (TPSA) is 63.6 Å². The second-order valence-corrected chi connectivity index (χ2v) is 6.41. The Bertz CT molecular complexity index is 1130. The van der Waals surface area contributed by atoms with Gasteiger partial charge in [0.1, 0.15) is 11.2 Å². The van der Waals surface area contributed by atoms with Gasteiger partial charge in [0.25, 0.3) is 5.56 Å². The summed E-state index contributed by atoms with van der Waals surface area (Å²) in [6.07, 6.45) is 1.95. The Morgan fingerprint density at radius 2 is 1.92 bits per heavy atom. The second kappa shape index (κ2) is 6.35. The molecule has 0 spiro atoms. The number of benzene rings is 2. The number of hydrogen-bond donors (Lipinski definition) is 1. The summed E-state index contributed by atoms with van der Waals surface area (Å²) in [5.41, 5.74) is 1.86. The third-order valence-electron chi connectivity index (χ3n) is 3.83. The molecule has 0 saturated carbocycles. The molecule has 0 bridgehead atoms. The van der Waals surface area contributed by atoms with Crippen molar-refractivity contribution in [2.45, 2.75) is 6.42 Å². The molecule has 1 N–H and O–H groups in total. The lowest BCUT2D eigenvalue weighted by Crippen LogP contribution is -2.12. The molecule has 2 aromatic heterocycles. The number of aromatic amines is 1. The average molecular weight is 371 g/mol. The number of halogens is 2. The van der Waals surface area contributed by atoms with E-state index in [0.717, 1.165) is 5.56 Å². The molecule has 124 valence electrons. The number of aromatic nitrogens is 4. The summed E-state index contributed by atoms with van der Waals surface area (Å²) in [6.45, 7) is 0. The number of nitrogens with zero attached hydrogens (tertiary/aromatic N) is 3. The van der Waals surface area contributed by atoms with Crippen LogP contribution in [0.3, 0.4) is 0 Å². The van der Waals surface area contributed by atoms with Crippen LogP contribution in [0.25, 0.3) is 16.7 Å². The lowest BCUT2D eigenvalue weighted by atomic mass is 10.1. The monoisotopic (exact) mass is 370 g/mol. The van der Waals surface area contributed by atoms with E-state index in [1.165, 1.54) is 6.20 Å². The third kappa shape index (κ3) is 3.04. The van der Waals surface area contributed by atoms with E-state index in [9.17, 15) is 4.79 Å². The van der Waals surface area contributed by atoms with E-state index in [-0.39, 0.29) is 5.56 Å². The highest BCUT2D eigenvalue weighted by molar-refractivity contribution is 6.32. The Morgan fingerprint density at radius 3 is 2.72 bits per heavy atom. The fourth-order valence-corrected chi connectivity index (χ4v) is 3.12. The van der Waals surface area contributed by atoms with E-state index in [0.29, 0.717) is 39.0 Å². The van der Waals surface area contributed by atoms with Gasteiger partial charge in [-0.15, -0.1) is 0 Å². The first-order chi connectivity index (χ1) is 12.1. The lowest BCUT2D eigenvalue weighted by Gasteiger charge is -2.06. The average Bonchev–Trinajstić information content (AvgIpc) is 2.99. The molecule has 2 heterocycles. The maximum atomic E-state index is 12.4. The fourth-order valence-electron chi connectivity index (χ4n) is 2.69. The van der Waals surface area contributed by atoms with E-state index < -0.39 is 0 Å². The van der Waals surface area contributed by atoms with Crippen molar-refractivity contribution in [1.29, 1.82) is 0 Å². The zero-order valence-corrected chi connectivity index (χ0v) is 14.4. The SMILES string of the molecule is O=c1[nH]c(Cc2cccc(Cl)c2)nc2c1cnn2-c1ccccc1Cl. The number of hydrogen-bond acceptors (Lipinski definition) is 3. The highest BCUT2D eigenvalue weighted by Gasteiger charge is 2.13. The van der Waals surface area contributed by atoms with Crippen molar-refractivity contribution in [2.75, 3.05) is 0 Å². The van der Waals surface area contributed by atoms with Gasteiger partial charge in [0.15, 0.2) is 5.65 Å². The molecule has 0 amide bonds. The van der Waals surface area contributed by atoms with E-state index >= 15 is 0 Å². The lowest BCUT2D eigenvalue weighted by molar-refractivity contribution is 0.879. The maximum Gasteiger partial charge on any atom is 0.262 e. The molecule has 0 saturated heterocycles. The van der Waals surface area contributed by atoms with Crippen molar-refractivity contribution in [3.8, 4) is 5.69 Å². The van der Waals surface area contributed by atoms with E-state index in [1.807, 2.05) is 36.4 Å². The summed E-state index contributed by atoms with van der Waals surface area (Å²) in [5, 5.41) is 5.86. The quantitative estimate of drug-likeness (QED) is 0.592. The van der Waals surface area contributed by atoms with Crippen LogP contribution in [0.2, 0.25) is 10.0 Å². The standard InChI is InChI=1S/C18H12Cl2N4O/c19-12-5-3-4-11(8-12)9-16-22-17-13(18(25)23-16)10-21-24(17)15-7-2-1-6-14(15)20/h1-8,10H,9H2,(H,22,23,25). The summed E-state index contributed by atoms with van der Waals surface area (Å²) in [5.74, 6) is 0.536. The van der Waals surface area contributed by atoms with E-state index in [4.69, 9.17) is 23.2 Å². The highest BCUT2D eigenvalue weighted by Crippen LogP contribution is 2.22. The molecule has 0 atom stereocenters. The van der Waals surface area contributed by atoms with Gasteiger partial charge in [-0.2, -0.15) is 5.10 Å². The van der Waals surface area contributed by atoms with E-state index in [2.05, 4.69) is 15.1 Å². The molecule has 4 rings (SSSR count). The molecule has 0 aliphatic carbocycles. The van der Waals surface area contributed by atoms with Crippen LogP contribution in [-0.4, -0.2) is 19.7 Å². The Hall–Kier alpha value is -2.63. The van der Waals surface area contributed by atoms with Crippen LogP contribution in [-0.2, 0) is 6.42 Å². The van der Waals surface area contributed by atoms with Gasteiger partial charge >= 0.3 is 0 Å². The van der Waals surface area contributed by atoms with Crippen LogP contribution in [0.4, 0.5) is 0 Å². The summed E-state index contributed by atoms with van der Waals surface area (Å²) in [6, 6.07) is 14.7. The van der Waals surface area contributed by atoms with Crippen LogP contribution in [0, 0.1) is 0 Å². The molecule has 4 aromatic rings. The van der Waals surface area contributed by atoms with Crippen molar-refractivity contribution in [1.82, 2.24) is 19.7 Å². The first kappa shape index (κ1) is 15.9. The van der Waals surface area contributed by atoms with Gasteiger partial charge in [-0.05, 0) is 29.8 Å². The van der Waals surface area contributed by atoms with E-state index in [1.54, 1.807) is 16.8 Å². The van der Waals surface area contributed by atoms with Crippen LogP contribution in [0.1, 0.15) is 11.4 Å². The summed E-state index contributed by atoms with van der Waals surface area (Å²) in [7, 11) is 0. The number of para-hydroxylation sites is 1. The third-order valence-corrected chi connectivity index (χ3v) is 4.38. The minimum absolute atomic E-state index is 0.236. The zero-order valence-electron chi connectivity index (χ0n) is 12.9. The molecule has 0 aliphatic rings. The van der Waals surface area contributed by atoms with Crippen molar-refractivity contribution in [2.24, 2.45) is 0 Å². The van der Waals surface area contributed by atoms with Crippen molar-refractivity contribution in [3.05, 3.63) is 86.5 Å². The van der Waals surface area contributed by atoms with Gasteiger partial charge in [0, 0.05) is 11.4 Å². The molecule has 0 fully saturated rings. The largest absolute Gasteiger partial charge is 0.310 e. The fraction of sp³-hybridized carbons (Fsp3) is 0.0556. The maximum absolute atomic E-state index is 12.4. The molecule has 25 heavy (non-hydrogen) atoms. The molecule has 5 nitrogen and oxygen atoms in total. The normalized spacial score (nSPS) is 11.1. The van der Waals surface area contributed by atoms with Gasteiger partial charge in [-0.1, -0.05) is 47.5 Å². The summed E-state index contributed by atoms with van der Waals surface area (Å²) < 4.78 is 1.58. The minimum Gasteiger partial charge on any atom is -0.310 e. The Morgan fingerprint density at radius 1 is 1.08 bits per heavy atom. The number of nitrogens with one attached hydrogen (secondary N) is 1. The summed E-state index contributed by atoms with van der Waals surface area (Å²) >= 11 is 12.3. The van der Waals surface area contributed by atoms with Gasteiger partial charge in [0.2, 0.25) is 0 Å². The zero-order chi connectivity index (χ0) is 17.4. The van der Waals surface area contributed by atoms with Crippen LogP contribution in [0.15, 0.2) is 59.5 Å². The smallest absolute Gasteiger partial charge is 0.262 e. The molecule has 0 radical (unpaired) electrons. The van der Waals surface area contributed by atoms with Crippen LogP contribution < -0.4 is 5.56 Å². The minimum atomic E-state index is -0.236. The second-order valence-electron chi connectivity index (χ2n) is 5.56. The van der Waals surface area contributed by atoms with Crippen LogP contribution >= 0.6 is 23.2 Å². The van der Waals surface area contributed by atoms with Crippen molar-refractivity contribution < 1.29 is 0 Å².